The number of hydrogen-bond donors (Lipinski definition) is 0. The molecule has 2 heteroatoms. The van der Waals surface area contributed by atoms with E-state index in [0.29, 0.717) is 0 Å². The molecule has 0 atom stereocenters. The summed E-state index contributed by atoms with van der Waals surface area (Å²) in [6, 6.07) is 17.7. The average Bonchev–Trinajstić information content (AvgIpc) is 2.49. The molecule has 0 saturated carbocycles. The van der Waals surface area contributed by atoms with E-state index < -0.39 is 0 Å². The fourth-order valence-corrected chi connectivity index (χ4v) is 2.68. The Bertz CT molecular complexity index is 549. The highest BCUT2D eigenvalue weighted by Gasteiger charge is 2.13. The van der Waals surface area contributed by atoms with E-state index in [1.165, 1.54) is 22.4 Å². The van der Waals surface area contributed by atoms with Crippen LogP contribution < -0.4 is 4.90 Å². The summed E-state index contributed by atoms with van der Waals surface area (Å²) in [6.45, 7) is 6.68. The minimum Gasteiger partial charge on any atom is -0.369 e. The van der Waals surface area contributed by atoms with Crippen LogP contribution in [0, 0.1) is 6.92 Å². The Balaban J connectivity index is 1.76. The number of benzene rings is 2. The summed E-state index contributed by atoms with van der Waals surface area (Å²) in [5.41, 5.74) is 5.24. The molecule has 0 N–H and O–H groups in total. The molecule has 2 aromatic rings. The summed E-state index contributed by atoms with van der Waals surface area (Å²) in [6.07, 6.45) is 0. The monoisotopic (exact) mass is 266 g/mol. The minimum absolute atomic E-state index is 1.13. The minimum atomic E-state index is 1.13. The second-order valence-electron chi connectivity index (χ2n) is 5.70. The molecule has 0 bridgehead atoms. The zero-order valence-corrected chi connectivity index (χ0v) is 12.3. The van der Waals surface area contributed by atoms with Gasteiger partial charge in [0.1, 0.15) is 0 Å². The number of aryl methyl sites for hydroxylation is 1. The fraction of sp³-hybridized carbons (Fsp3) is 0.333. The number of rotatable bonds is 2. The van der Waals surface area contributed by atoms with Gasteiger partial charge in [0.15, 0.2) is 0 Å². The normalized spacial score (nSPS) is 16.4. The lowest BCUT2D eigenvalue weighted by atomic mass is 10.0. The molecule has 1 saturated heterocycles. The van der Waals surface area contributed by atoms with Gasteiger partial charge in [0, 0.05) is 31.9 Å². The van der Waals surface area contributed by atoms with Crippen LogP contribution in [0.4, 0.5) is 5.69 Å². The van der Waals surface area contributed by atoms with Crippen LogP contribution in [0.5, 0.6) is 0 Å². The van der Waals surface area contributed by atoms with E-state index in [-0.39, 0.29) is 0 Å². The Morgan fingerprint density at radius 1 is 0.700 bits per heavy atom. The smallest absolute Gasteiger partial charge is 0.0367 e. The standard InChI is InChI=1S/C18H22N2/c1-15-3-5-16(6-4-15)17-7-9-18(10-8-17)20-13-11-19(2)12-14-20/h3-10H,11-14H2,1-2H3. The molecule has 0 amide bonds. The van der Waals surface area contributed by atoms with Gasteiger partial charge in [0.25, 0.3) is 0 Å². The van der Waals surface area contributed by atoms with Crippen molar-refractivity contribution in [2.75, 3.05) is 38.1 Å². The van der Waals surface area contributed by atoms with Gasteiger partial charge in [-0.3, -0.25) is 0 Å². The molecule has 0 aromatic heterocycles. The molecule has 0 unspecified atom stereocenters. The van der Waals surface area contributed by atoms with Crippen LogP contribution in [-0.4, -0.2) is 38.1 Å². The molecule has 0 spiro atoms. The highest BCUT2D eigenvalue weighted by molar-refractivity contribution is 5.66. The summed E-state index contributed by atoms with van der Waals surface area (Å²) in [5.74, 6) is 0. The quantitative estimate of drug-likeness (QED) is 0.822. The third-order valence-corrected chi connectivity index (χ3v) is 4.12. The van der Waals surface area contributed by atoms with Gasteiger partial charge >= 0.3 is 0 Å². The van der Waals surface area contributed by atoms with Crippen LogP contribution in [0.25, 0.3) is 11.1 Å². The first-order valence-corrected chi connectivity index (χ1v) is 7.33. The Morgan fingerprint density at radius 2 is 1.20 bits per heavy atom. The van der Waals surface area contributed by atoms with Crippen LogP contribution >= 0.6 is 0 Å². The van der Waals surface area contributed by atoms with E-state index >= 15 is 0 Å². The molecular formula is C18H22N2. The summed E-state index contributed by atoms with van der Waals surface area (Å²) in [7, 11) is 2.19. The summed E-state index contributed by atoms with van der Waals surface area (Å²) < 4.78 is 0. The molecule has 2 aromatic carbocycles. The number of likely N-dealkylation sites (N-methyl/N-ethyl adjacent to an activating group) is 1. The van der Waals surface area contributed by atoms with Gasteiger partial charge in [-0.25, -0.2) is 0 Å². The van der Waals surface area contributed by atoms with Gasteiger partial charge in [-0.2, -0.15) is 0 Å². The van der Waals surface area contributed by atoms with Gasteiger partial charge in [0.05, 0.1) is 0 Å². The van der Waals surface area contributed by atoms with Crippen molar-refractivity contribution < 1.29 is 0 Å². The second kappa shape index (κ2) is 5.68. The lowest BCUT2D eigenvalue weighted by Gasteiger charge is -2.34. The molecular weight excluding hydrogens is 244 g/mol. The van der Waals surface area contributed by atoms with E-state index in [0.717, 1.165) is 26.2 Å². The molecule has 0 aliphatic carbocycles. The van der Waals surface area contributed by atoms with Gasteiger partial charge in [-0.1, -0.05) is 42.0 Å². The van der Waals surface area contributed by atoms with Crippen LogP contribution in [0.15, 0.2) is 48.5 Å². The highest BCUT2D eigenvalue weighted by Crippen LogP contribution is 2.24. The maximum Gasteiger partial charge on any atom is 0.0367 e. The molecule has 2 nitrogen and oxygen atoms in total. The van der Waals surface area contributed by atoms with Crippen LogP contribution in [0.2, 0.25) is 0 Å². The summed E-state index contributed by atoms with van der Waals surface area (Å²) >= 11 is 0. The Hall–Kier alpha value is -1.80. The van der Waals surface area contributed by atoms with E-state index in [1.54, 1.807) is 0 Å². The summed E-state index contributed by atoms with van der Waals surface area (Å²) in [4.78, 5) is 4.86. The van der Waals surface area contributed by atoms with Crippen molar-refractivity contribution in [1.29, 1.82) is 0 Å². The summed E-state index contributed by atoms with van der Waals surface area (Å²) in [5, 5.41) is 0. The lowest BCUT2D eigenvalue weighted by molar-refractivity contribution is 0.313. The molecule has 3 rings (SSSR count). The van der Waals surface area contributed by atoms with Crippen molar-refractivity contribution in [3.05, 3.63) is 54.1 Å². The van der Waals surface area contributed by atoms with Crippen LogP contribution in [0.3, 0.4) is 0 Å². The molecule has 1 aliphatic heterocycles. The molecule has 0 radical (unpaired) electrons. The number of piperazine rings is 1. The van der Waals surface area contributed by atoms with Gasteiger partial charge in [0.2, 0.25) is 0 Å². The molecule has 1 heterocycles. The third kappa shape index (κ3) is 2.86. The number of nitrogens with zero attached hydrogens (tertiary/aromatic N) is 2. The van der Waals surface area contributed by atoms with Crippen molar-refractivity contribution in [1.82, 2.24) is 4.90 Å². The van der Waals surface area contributed by atoms with Crippen LogP contribution in [-0.2, 0) is 0 Å². The van der Waals surface area contributed by atoms with Gasteiger partial charge in [-0.15, -0.1) is 0 Å². The van der Waals surface area contributed by atoms with E-state index in [4.69, 9.17) is 0 Å². The predicted octanol–water partition coefficient (Wildman–Crippen LogP) is 3.41. The second-order valence-corrected chi connectivity index (χ2v) is 5.70. The zero-order valence-electron chi connectivity index (χ0n) is 12.3. The predicted molar refractivity (Wildman–Crippen MR) is 86.3 cm³/mol. The molecule has 20 heavy (non-hydrogen) atoms. The van der Waals surface area contributed by atoms with Crippen molar-refractivity contribution in [3.63, 3.8) is 0 Å². The number of hydrogen-bond acceptors (Lipinski definition) is 2. The van der Waals surface area contributed by atoms with Gasteiger partial charge < -0.3 is 9.80 Å². The lowest BCUT2D eigenvalue weighted by Crippen LogP contribution is -2.44. The first-order valence-electron chi connectivity index (χ1n) is 7.33. The maximum atomic E-state index is 2.47. The zero-order chi connectivity index (χ0) is 13.9. The fourth-order valence-electron chi connectivity index (χ4n) is 2.68. The SMILES string of the molecule is Cc1ccc(-c2ccc(N3CCN(C)CC3)cc2)cc1. The van der Waals surface area contributed by atoms with E-state index in [2.05, 4.69) is 72.3 Å². The van der Waals surface area contributed by atoms with Crippen molar-refractivity contribution in [2.45, 2.75) is 6.92 Å². The van der Waals surface area contributed by atoms with Gasteiger partial charge in [-0.05, 0) is 37.2 Å². The first kappa shape index (κ1) is 13.2. The maximum absolute atomic E-state index is 2.47. The van der Waals surface area contributed by atoms with Crippen molar-refractivity contribution in [3.8, 4) is 11.1 Å². The molecule has 1 aliphatic rings. The first-order chi connectivity index (χ1) is 9.72. The largest absolute Gasteiger partial charge is 0.369 e. The topological polar surface area (TPSA) is 6.48 Å². The Kier molecular flexibility index (Phi) is 3.75. The third-order valence-electron chi connectivity index (χ3n) is 4.12. The van der Waals surface area contributed by atoms with E-state index in [9.17, 15) is 0 Å². The Morgan fingerprint density at radius 3 is 1.75 bits per heavy atom. The van der Waals surface area contributed by atoms with Crippen molar-refractivity contribution in [2.24, 2.45) is 0 Å². The van der Waals surface area contributed by atoms with Crippen molar-refractivity contribution >= 4 is 5.69 Å². The molecule has 1 fully saturated rings. The number of anilines is 1. The highest BCUT2D eigenvalue weighted by atomic mass is 15.2. The molecule has 104 valence electrons. The van der Waals surface area contributed by atoms with E-state index in [1.807, 2.05) is 0 Å². The van der Waals surface area contributed by atoms with Crippen LogP contribution in [0.1, 0.15) is 5.56 Å². The average molecular weight is 266 g/mol. The Labute approximate surface area is 121 Å².